The Morgan fingerprint density at radius 2 is 1.16 bits per heavy atom. The van der Waals surface area contributed by atoms with Gasteiger partial charge in [-0.15, -0.1) is 0 Å². The molecule has 0 aromatic rings. The van der Waals surface area contributed by atoms with Crippen LogP contribution in [0, 0.1) is 0 Å². The second-order valence-electron chi connectivity index (χ2n) is 10.3. The van der Waals surface area contributed by atoms with Crippen LogP contribution in [0.4, 0.5) is 0 Å². The number of amides is 3. The molecule has 2 atom stereocenters. The van der Waals surface area contributed by atoms with Gasteiger partial charge in [0.1, 0.15) is 6.04 Å². The van der Waals surface area contributed by atoms with E-state index in [2.05, 4.69) is 24.5 Å². The zero-order chi connectivity index (χ0) is 28.0. The van der Waals surface area contributed by atoms with Gasteiger partial charge in [-0.3, -0.25) is 14.4 Å². The van der Waals surface area contributed by atoms with Crippen molar-refractivity contribution in [2.45, 2.75) is 154 Å². The standard InChI is InChI=1S/C22H46N2O.C7H15N3O2/c1-3-4-5-6-7-8-9-10-11-12-13-14-15-19-22(25)24-21(2)18-16-17-20-23;8-4-2-1-3-6(7(9)12)10-5-11/h21H,3-20,23H2,1-2H3,(H,24,25);5-6H,1-4,8H2,(H2,9,12)(H,10,11). The van der Waals surface area contributed by atoms with Crippen molar-refractivity contribution >= 4 is 18.2 Å². The van der Waals surface area contributed by atoms with Crippen LogP contribution in [0.3, 0.4) is 0 Å². The first kappa shape index (κ1) is 37.5. The summed E-state index contributed by atoms with van der Waals surface area (Å²) in [5, 5.41) is 5.45. The molecule has 0 aromatic carbocycles. The van der Waals surface area contributed by atoms with Crippen LogP contribution in [-0.4, -0.2) is 43.4 Å². The number of hydrogen-bond acceptors (Lipinski definition) is 5. The molecule has 0 aromatic heterocycles. The van der Waals surface area contributed by atoms with E-state index in [1.165, 1.54) is 77.0 Å². The average molecular weight is 528 g/mol. The Labute approximate surface area is 228 Å². The van der Waals surface area contributed by atoms with Crippen molar-refractivity contribution in [3.63, 3.8) is 0 Å². The second-order valence-corrected chi connectivity index (χ2v) is 10.3. The first-order valence-corrected chi connectivity index (χ1v) is 15.1. The number of hydrogen-bond donors (Lipinski definition) is 5. The Kier molecular flexibility index (Phi) is 31.0. The zero-order valence-electron chi connectivity index (χ0n) is 24.2. The molecule has 0 heterocycles. The minimum atomic E-state index is -0.547. The highest BCUT2D eigenvalue weighted by Crippen LogP contribution is 2.13. The molecule has 0 aliphatic rings. The third-order valence-electron chi connectivity index (χ3n) is 6.57. The zero-order valence-corrected chi connectivity index (χ0v) is 24.2. The topological polar surface area (TPSA) is 153 Å². The molecule has 0 aliphatic carbocycles. The predicted octanol–water partition coefficient (Wildman–Crippen LogP) is 4.82. The molecule has 0 bridgehead atoms. The van der Waals surface area contributed by atoms with E-state index in [-0.39, 0.29) is 5.91 Å². The van der Waals surface area contributed by atoms with E-state index in [9.17, 15) is 14.4 Å². The van der Waals surface area contributed by atoms with Crippen molar-refractivity contribution in [2.24, 2.45) is 17.2 Å². The summed E-state index contributed by atoms with van der Waals surface area (Å²) in [7, 11) is 0. The van der Waals surface area contributed by atoms with Gasteiger partial charge in [0.15, 0.2) is 0 Å². The van der Waals surface area contributed by atoms with Crippen LogP contribution in [0.5, 0.6) is 0 Å². The van der Waals surface area contributed by atoms with E-state index < -0.39 is 11.9 Å². The normalized spacial score (nSPS) is 12.2. The summed E-state index contributed by atoms with van der Waals surface area (Å²) in [5.74, 6) is -0.276. The summed E-state index contributed by atoms with van der Waals surface area (Å²) in [6, 6.07) is -0.255. The van der Waals surface area contributed by atoms with Crippen LogP contribution in [0.1, 0.15) is 142 Å². The number of carbonyl (C=O) groups excluding carboxylic acids is 3. The quantitative estimate of drug-likeness (QED) is 0.0806. The molecule has 0 aliphatic heterocycles. The number of rotatable bonds is 26. The van der Waals surface area contributed by atoms with Gasteiger partial charge < -0.3 is 27.8 Å². The van der Waals surface area contributed by atoms with Crippen LogP contribution in [0.2, 0.25) is 0 Å². The summed E-state index contributed by atoms with van der Waals surface area (Å²) in [4.78, 5) is 32.5. The maximum atomic E-state index is 11.9. The lowest BCUT2D eigenvalue weighted by molar-refractivity contribution is -0.123. The fraction of sp³-hybridized carbons (Fsp3) is 0.897. The van der Waals surface area contributed by atoms with Gasteiger partial charge in [-0.05, 0) is 58.5 Å². The molecular weight excluding hydrogens is 466 g/mol. The number of nitrogens with one attached hydrogen (secondary N) is 2. The monoisotopic (exact) mass is 527 g/mol. The van der Waals surface area contributed by atoms with Crippen LogP contribution < -0.4 is 27.8 Å². The van der Waals surface area contributed by atoms with Gasteiger partial charge in [0.25, 0.3) is 0 Å². The first-order valence-electron chi connectivity index (χ1n) is 15.1. The highest BCUT2D eigenvalue weighted by atomic mass is 16.2. The number of unbranched alkanes of at least 4 members (excludes halogenated alkanes) is 14. The number of primary amides is 1. The lowest BCUT2D eigenvalue weighted by Crippen LogP contribution is -2.40. The molecule has 8 heteroatoms. The van der Waals surface area contributed by atoms with Crippen LogP contribution in [-0.2, 0) is 14.4 Å². The molecule has 0 saturated carbocycles. The van der Waals surface area contributed by atoms with Gasteiger partial charge in [-0.2, -0.15) is 0 Å². The molecule has 2 unspecified atom stereocenters. The van der Waals surface area contributed by atoms with E-state index >= 15 is 0 Å². The third kappa shape index (κ3) is 30.4. The van der Waals surface area contributed by atoms with Crippen molar-refractivity contribution in [1.29, 1.82) is 0 Å². The Balaban J connectivity index is 0. The number of nitrogens with two attached hydrogens (primary N) is 3. The van der Waals surface area contributed by atoms with Crippen LogP contribution in [0.25, 0.3) is 0 Å². The smallest absolute Gasteiger partial charge is 0.239 e. The fourth-order valence-corrected chi connectivity index (χ4v) is 4.20. The Morgan fingerprint density at radius 1 is 0.703 bits per heavy atom. The van der Waals surface area contributed by atoms with Gasteiger partial charge in [-0.1, -0.05) is 90.4 Å². The molecule has 37 heavy (non-hydrogen) atoms. The molecule has 0 saturated heterocycles. The van der Waals surface area contributed by atoms with Gasteiger partial charge in [0.2, 0.25) is 18.2 Å². The molecule has 0 fully saturated rings. The molecular formula is C29H61N5O3. The fourth-order valence-electron chi connectivity index (χ4n) is 4.20. The Hall–Kier alpha value is -1.67. The largest absolute Gasteiger partial charge is 0.368 e. The SMILES string of the molecule is CCCCCCCCCCCCCCCC(=O)NC(C)CCCCN.NCCCCC(NC=O)C(N)=O. The van der Waals surface area contributed by atoms with E-state index in [0.717, 1.165) is 45.1 Å². The minimum Gasteiger partial charge on any atom is -0.368 e. The maximum absolute atomic E-state index is 11.9. The van der Waals surface area contributed by atoms with Crippen molar-refractivity contribution < 1.29 is 14.4 Å². The Morgan fingerprint density at radius 3 is 1.59 bits per heavy atom. The van der Waals surface area contributed by atoms with E-state index in [1.54, 1.807) is 0 Å². The molecule has 8 nitrogen and oxygen atoms in total. The van der Waals surface area contributed by atoms with Gasteiger partial charge in [0, 0.05) is 12.5 Å². The highest BCUT2D eigenvalue weighted by molar-refractivity contribution is 5.81. The molecule has 0 spiro atoms. The molecule has 8 N–H and O–H groups in total. The second kappa shape index (κ2) is 30.6. The summed E-state index contributed by atoms with van der Waals surface area (Å²) in [5.41, 5.74) is 15.8. The molecule has 220 valence electrons. The lowest BCUT2D eigenvalue weighted by atomic mass is 10.0. The molecule has 0 rings (SSSR count). The van der Waals surface area contributed by atoms with E-state index in [0.29, 0.717) is 31.8 Å². The highest BCUT2D eigenvalue weighted by Gasteiger charge is 2.12. The van der Waals surface area contributed by atoms with Gasteiger partial charge in [0.05, 0.1) is 0 Å². The molecule has 3 amide bonds. The lowest BCUT2D eigenvalue weighted by Gasteiger charge is -2.13. The predicted molar refractivity (Wildman–Crippen MR) is 156 cm³/mol. The van der Waals surface area contributed by atoms with E-state index in [4.69, 9.17) is 17.2 Å². The first-order chi connectivity index (χ1) is 17.9. The minimum absolute atomic E-state index is 0.225. The summed E-state index contributed by atoms with van der Waals surface area (Å²) < 4.78 is 0. The Bertz CT molecular complexity index is 520. The third-order valence-corrected chi connectivity index (χ3v) is 6.57. The molecule has 0 radical (unpaired) electrons. The van der Waals surface area contributed by atoms with Crippen LogP contribution in [0.15, 0.2) is 0 Å². The van der Waals surface area contributed by atoms with Gasteiger partial charge >= 0.3 is 0 Å². The van der Waals surface area contributed by atoms with Gasteiger partial charge in [-0.25, -0.2) is 0 Å². The average Bonchev–Trinajstić information content (AvgIpc) is 2.87. The van der Waals surface area contributed by atoms with E-state index in [1.807, 2.05) is 0 Å². The number of carbonyl (C=O) groups is 3. The summed E-state index contributed by atoms with van der Waals surface area (Å²) in [6.45, 7) is 5.71. The maximum Gasteiger partial charge on any atom is 0.239 e. The van der Waals surface area contributed by atoms with Crippen molar-refractivity contribution in [2.75, 3.05) is 13.1 Å². The van der Waals surface area contributed by atoms with Crippen molar-refractivity contribution in [1.82, 2.24) is 10.6 Å². The summed E-state index contributed by atoms with van der Waals surface area (Å²) >= 11 is 0. The van der Waals surface area contributed by atoms with Crippen LogP contribution >= 0.6 is 0 Å². The van der Waals surface area contributed by atoms with Crippen molar-refractivity contribution in [3.05, 3.63) is 0 Å². The van der Waals surface area contributed by atoms with Crippen molar-refractivity contribution in [3.8, 4) is 0 Å². The summed E-state index contributed by atoms with van der Waals surface area (Å²) in [6.07, 6.45) is 24.1.